The fourth-order valence-corrected chi connectivity index (χ4v) is 5.30. The maximum absolute atomic E-state index is 12.5. The first-order chi connectivity index (χ1) is 17.2. The molecule has 0 aromatic carbocycles. The third-order valence-electron chi connectivity index (χ3n) is 7.33. The Balaban J connectivity index is 1.12. The maximum atomic E-state index is 12.5. The van der Waals surface area contributed by atoms with E-state index in [1.165, 1.54) is 44.9 Å². The van der Waals surface area contributed by atoms with Crippen molar-refractivity contribution < 1.29 is 9.21 Å². The highest BCUT2D eigenvalue weighted by molar-refractivity contribution is 5.76. The summed E-state index contributed by atoms with van der Waals surface area (Å²) in [5.41, 5.74) is 0.711. The van der Waals surface area contributed by atoms with Crippen LogP contribution in [0.25, 0.3) is 5.65 Å². The third-order valence-corrected chi connectivity index (χ3v) is 7.33. The largest absolute Gasteiger partial charge is 0.463 e. The van der Waals surface area contributed by atoms with Gasteiger partial charge in [-0.25, -0.2) is 0 Å². The van der Waals surface area contributed by atoms with Crippen molar-refractivity contribution in [3.05, 3.63) is 41.6 Å². The van der Waals surface area contributed by atoms with Crippen LogP contribution in [0.3, 0.4) is 0 Å². The van der Waals surface area contributed by atoms with Crippen LogP contribution in [0.5, 0.6) is 0 Å². The minimum atomic E-state index is -0.0334. The first-order valence-corrected chi connectivity index (χ1v) is 13.2. The van der Waals surface area contributed by atoms with Crippen molar-refractivity contribution in [1.82, 2.24) is 30.0 Å². The fraction of sp³-hybridized carbons (Fsp3) is 0.615. The standard InChI is InChI=1S/C26H37N7O2/c1-2-20-8-4-7-17-32(20)19-22-10-9-21(35-22)18-27-26(34)14-13-24-29-28-23-11-12-25(30-33(23)24)31-15-5-3-6-16-31/h9-12,20H,2-8,13-19H2,1H3,(H,27,34)/t20-/m1/s1. The van der Waals surface area contributed by atoms with Crippen molar-refractivity contribution in [2.24, 2.45) is 0 Å². The lowest BCUT2D eigenvalue weighted by molar-refractivity contribution is -0.121. The molecule has 5 heterocycles. The van der Waals surface area contributed by atoms with Crippen LogP contribution in [0.2, 0.25) is 0 Å². The molecule has 9 heteroatoms. The zero-order valence-corrected chi connectivity index (χ0v) is 20.8. The molecule has 0 unspecified atom stereocenters. The predicted octanol–water partition coefficient (Wildman–Crippen LogP) is 3.72. The van der Waals surface area contributed by atoms with Crippen molar-refractivity contribution in [3.8, 4) is 0 Å². The van der Waals surface area contributed by atoms with Crippen LogP contribution in [0.15, 0.2) is 28.7 Å². The van der Waals surface area contributed by atoms with Gasteiger partial charge in [0.05, 0.1) is 13.1 Å². The lowest BCUT2D eigenvalue weighted by Crippen LogP contribution is -2.38. The molecule has 5 rings (SSSR count). The summed E-state index contributed by atoms with van der Waals surface area (Å²) in [6.45, 7) is 6.70. The zero-order valence-electron chi connectivity index (χ0n) is 20.8. The highest BCUT2D eigenvalue weighted by Gasteiger charge is 2.22. The first kappa shape index (κ1) is 23.8. The fourth-order valence-electron chi connectivity index (χ4n) is 5.30. The average molecular weight is 480 g/mol. The van der Waals surface area contributed by atoms with E-state index < -0.39 is 0 Å². The summed E-state index contributed by atoms with van der Waals surface area (Å²) in [6, 6.07) is 8.62. The predicted molar refractivity (Wildman–Crippen MR) is 134 cm³/mol. The van der Waals surface area contributed by atoms with Gasteiger partial charge in [-0.3, -0.25) is 9.69 Å². The second-order valence-corrected chi connectivity index (χ2v) is 9.80. The molecular weight excluding hydrogens is 442 g/mol. The quantitative estimate of drug-likeness (QED) is 0.500. The van der Waals surface area contributed by atoms with Crippen LogP contribution in [0.4, 0.5) is 5.82 Å². The number of piperidine rings is 2. The molecular formula is C26H37N7O2. The average Bonchev–Trinajstić information content (AvgIpc) is 3.53. The number of amides is 1. The Morgan fingerprint density at radius 3 is 2.71 bits per heavy atom. The molecule has 2 saturated heterocycles. The minimum Gasteiger partial charge on any atom is -0.463 e. The molecule has 2 fully saturated rings. The van der Waals surface area contributed by atoms with E-state index in [1.54, 1.807) is 4.52 Å². The van der Waals surface area contributed by atoms with E-state index in [0.717, 1.165) is 43.5 Å². The van der Waals surface area contributed by atoms with Gasteiger partial charge < -0.3 is 14.6 Å². The lowest BCUT2D eigenvalue weighted by Gasteiger charge is -2.34. The molecule has 3 aromatic heterocycles. The van der Waals surface area contributed by atoms with Gasteiger partial charge >= 0.3 is 0 Å². The van der Waals surface area contributed by atoms with Gasteiger partial charge in [0.15, 0.2) is 11.5 Å². The molecule has 0 aliphatic carbocycles. The van der Waals surface area contributed by atoms with E-state index in [4.69, 9.17) is 9.52 Å². The summed E-state index contributed by atoms with van der Waals surface area (Å²) < 4.78 is 7.79. The highest BCUT2D eigenvalue weighted by Crippen LogP contribution is 2.22. The number of aryl methyl sites for hydroxylation is 1. The summed E-state index contributed by atoms with van der Waals surface area (Å²) >= 11 is 0. The molecule has 2 aliphatic heterocycles. The SMILES string of the molecule is CC[C@@H]1CCCCN1Cc1ccc(CNC(=O)CCc2nnc3ccc(N4CCCCC4)nn23)o1. The third kappa shape index (κ3) is 5.83. The second kappa shape index (κ2) is 11.2. The number of likely N-dealkylation sites (tertiary alicyclic amines) is 1. The van der Waals surface area contributed by atoms with Gasteiger partial charge in [-0.2, -0.15) is 4.52 Å². The molecule has 1 N–H and O–H groups in total. The van der Waals surface area contributed by atoms with E-state index in [0.29, 0.717) is 36.9 Å². The molecule has 0 saturated carbocycles. The van der Waals surface area contributed by atoms with E-state index in [1.807, 2.05) is 24.3 Å². The van der Waals surface area contributed by atoms with Gasteiger partial charge in [0.25, 0.3) is 0 Å². The highest BCUT2D eigenvalue weighted by atomic mass is 16.3. The van der Waals surface area contributed by atoms with Crippen molar-refractivity contribution in [1.29, 1.82) is 0 Å². The molecule has 188 valence electrons. The minimum absolute atomic E-state index is 0.0334. The van der Waals surface area contributed by atoms with E-state index in [9.17, 15) is 4.79 Å². The van der Waals surface area contributed by atoms with Gasteiger partial charge in [0.1, 0.15) is 17.3 Å². The van der Waals surface area contributed by atoms with Crippen LogP contribution in [0, 0.1) is 0 Å². The number of carbonyl (C=O) groups is 1. The summed E-state index contributed by atoms with van der Waals surface area (Å²) in [7, 11) is 0. The number of anilines is 1. The number of carbonyl (C=O) groups excluding carboxylic acids is 1. The van der Waals surface area contributed by atoms with Crippen LogP contribution in [0.1, 0.15) is 75.6 Å². The van der Waals surface area contributed by atoms with Crippen molar-refractivity contribution >= 4 is 17.4 Å². The Bertz CT molecular complexity index is 1120. The lowest BCUT2D eigenvalue weighted by atomic mass is 10.00. The number of rotatable bonds is 9. The molecule has 35 heavy (non-hydrogen) atoms. The van der Waals surface area contributed by atoms with Crippen molar-refractivity contribution in [3.63, 3.8) is 0 Å². The van der Waals surface area contributed by atoms with Crippen molar-refractivity contribution in [2.75, 3.05) is 24.5 Å². The summed E-state index contributed by atoms with van der Waals surface area (Å²) in [5.74, 6) is 3.39. The Kier molecular flexibility index (Phi) is 7.61. The molecule has 0 spiro atoms. The van der Waals surface area contributed by atoms with Crippen LogP contribution in [-0.2, 0) is 24.3 Å². The molecule has 3 aromatic rings. The van der Waals surface area contributed by atoms with Gasteiger partial charge in [0.2, 0.25) is 5.91 Å². The zero-order chi connectivity index (χ0) is 24.0. The number of fused-ring (bicyclic) bond motifs is 1. The van der Waals surface area contributed by atoms with Gasteiger partial charge in [-0.05, 0) is 69.3 Å². The Labute approximate surface area is 206 Å². The normalized spacial score (nSPS) is 19.3. The summed E-state index contributed by atoms with van der Waals surface area (Å²) in [4.78, 5) is 17.4. The number of hydrogen-bond acceptors (Lipinski definition) is 7. The first-order valence-electron chi connectivity index (χ1n) is 13.2. The van der Waals surface area contributed by atoms with E-state index >= 15 is 0 Å². The van der Waals surface area contributed by atoms with E-state index in [-0.39, 0.29) is 5.91 Å². The Morgan fingerprint density at radius 1 is 1.03 bits per heavy atom. The van der Waals surface area contributed by atoms with Crippen LogP contribution >= 0.6 is 0 Å². The summed E-state index contributed by atoms with van der Waals surface area (Å²) in [6.07, 6.45) is 9.53. The molecule has 2 aliphatic rings. The van der Waals surface area contributed by atoms with Crippen LogP contribution in [-0.4, -0.2) is 56.3 Å². The topological polar surface area (TPSA) is 91.8 Å². The number of hydrogen-bond donors (Lipinski definition) is 1. The summed E-state index contributed by atoms with van der Waals surface area (Å²) in [5, 5.41) is 16.2. The number of furan rings is 1. The molecule has 0 bridgehead atoms. The maximum Gasteiger partial charge on any atom is 0.220 e. The Morgan fingerprint density at radius 2 is 1.86 bits per heavy atom. The van der Waals surface area contributed by atoms with Gasteiger partial charge in [-0.1, -0.05) is 13.3 Å². The number of nitrogens with one attached hydrogen (secondary N) is 1. The number of aromatic nitrogens is 4. The smallest absolute Gasteiger partial charge is 0.220 e. The molecule has 0 radical (unpaired) electrons. The number of nitrogens with zero attached hydrogens (tertiary/aromatic N) is 6. The van der Waals surface area contributed by atoms with E-state index in [2.05, 4.69) is 32.2 Å². The Hall–Kier alpha value is -2.94. The van der Waals surface area contributed by atoms with Crippen LogP contribution < -0.4 is 10.2 Å². The molecule has 1 atom stereocenters. The second-order valence-electron chi connectivity index (χ2n) is 9.80. The van der Waals surface area contributed by atoms with Gasteiger partial charge in [0, 0.05) is 32.0 Å². The monoisotopic (exact) mass is 479 g/mol. The van der Waals surface area contributed by atoms with Gasteiger partial charge in [-0.15, -0.1) is 15.3 Å². The van der Waals surface area contributed by atoms with Crippen molar-refractivity contribution in [2.45, 2.75) is 83.8 Å². The molecule has 1 amide bonds. The molecule has 9 nitrogen and oxygen atoms in total.